The third-order valence-electron chi connectivity index (χ3n) is 5.14. The third-order valence-corrected chi connectivity index (χ3v) is 7.36. The Morgan fingerprint density at radius 2 is 1.80 bits per heavy atom. The summed E-state index contributed by atoms with van der Waals surface area (Å²) in [5.41, 5.74) is 0.798. The van der Waals surface area contributed by atoms with Gasteiger partial charge in [-0.2, -0.15) is 9.61 Å². The number of fused-ring (bicyclic) bond motifs is 1. The SMILES string of the molecule is COc1cc(-c2nn3c(C4CCCN(S(C)(=O)=O)C4)nnc3s2)cc(OC)c1OC. The molecule has 1 saturated heterocycles. The topological polar surface area (TPSA) is 108 Å². The van der Waals surface area contributed by atoms with E-state index in [1.807, 2.05) is 12.1 Å². The molecule has 4 rings (SSSR count). The van der Waals surface area contributed by atoms with Crippen LogP contribution in [-0.4, -0.2) is 73.2 Å². The Balaban J connectivity index is 1.72. The number of aromatic nitrogens is 4. The molecule has 1 aliphatic rings. The number of ether oxygens (including phenoxy) is 3. The van der Waals surface area contributed by atoms with Gasteiger partial charge in [-0.25, -0.2) is 12.7 Å². The van der Waals surface area contributed by atoms with E-state index in [1.54, 1.807) is 25.8 Å². The third kappa shape index (κ3) is 3.70. The van der Waals surface area contributed by atoms with Crippen molar-refractivity contribution >= 4 is 26.3 Å². The highest BCUT2D eigenvalue weighted by molar-refractivity contribution is 7.88. The van der Waals surface area contributed by atoms with Gasteiger partial charge in [0.2, 0.25) is 20.7 Å². The van der Waals surface area contributed by atoms with Crippen molar-refractivity contribution < 1.29 is 22.6 Å². The van der Waals surface area contributed by atoms with Gasteiger partial charge >= 0.3 is 0 Å². The van der Waals surface area contributed by atoms with Gasteiger partial charge in [0, 0.05) is 24.6 Å². The average Bonchev–Trinajstić information content (AvgIpc) is 3.33. The quantitative estimate of drug-likeness (QED) is 0.558. The average molecular weight is 454 g/mol. The number of benzene rings is 1. The lowest BCUT2D eigenvalue weighted by atomic mass is 9.99. The summed E-state index contributed by atoms with van der Waals surface area (Å²) in [6.07, 6.45) is 2.85. The molecule has 1 fully saturated rings. The molecule has 30 heavy (non-hydrogen) atoms. The summed E-state index contributed by atoms with van der Waals surface area (Å²) < 4.78 is 43.4. The van der Waals surface area contributed by atoms with Crippen molar-refractivity contribution in [2.24, 2.45) is 0 Å². The second kappa shape index (κ2) is 8.00. The summed E-state index contributed by atoms with van der Waals surface area (Å²) in [5, 5.41) is 14.0. The van der Waals surface area contributed by atoms with E-state index in [2.05, 4.69) is 10.2 Å². The number of nitrogens with zero attached hydrogens (tertiary/aromatic N) is 5. The van der Waals surface area contributed by atoms with Crippen LogP contribution in [0, 0.1) is 0 Å². The minimum atomic E-state index is -3.24. The van der Waals surface area contributed by atoms with E-state index in [0.717, 1.165) is 23.4 Å². The molecule has 0 bridgehead atoms. The van der Waals surface area contributed by atoms with E-state index in [1.165, 1.54) is 21.9 Å². The fourth-order valence-corrected chi connectivity index (χ4v) is 5.41. The fourth-order valence-electron chi connectivity index (χ4n) is 3.66. The van der Waals surface area contributed by atoms with E-state index in [9.17, 15) is 8.42 Å². The molecule has 10 nitrogen and oxygen atoms in total. The first-order valence-corrected chi connectivity index (χ1v) is 12.0. The number of hydrogen-bond acceptors (Lipinski definition) is 9. The molecule has 2 aromatic heterocycles. The normalized spacial score (nSPS) is 17.9. The van der Waals surface area contributed by atoms with Crippen LogP contribution in [0.5, 0.6) is 17.2 Å². The van der Waals surface area contributed by atoms with Crippen LogP contribution < -0.4 is 14.2 Å². The second-order valence-corrected chi connectivity index (χ2v) is 9.97. The highest BCUT2D eigenvalue weighted by atomic mass is 32.2. The predicted octanol–water partition coefficient (Wildman–Crippen LogP) is 2.02. The lowest BCUT2D eigenvalue weighted by molar-refractivity contribution is 0.309. The molecular weight excluding hydrogens is 430 g/mol. The Morgan fingerprint density at radius 1 is 1.10 bits per heavy atom. The van der Waals surface area contributed by atoms with Crippen LogP contribution in [0.2, 0.25) is 0 Å². The molecule has 0 aliphatic carbocycles. The maximum atomic E-state index is 12.0. The molecule has 0 amide bonds. The summed E-state index contributed by atoms with van der Waals surface area (Å²) in [4.78, 5) is 0.644. The smallest absolute Gasteiger partial charge is 0.234 e. The van der Waals surface area contributed by atoms with E-state index < -0.39 is 10.0 Å². The Labute approximate surface area is 178 Å². The number of piperidine rings is 1. The van der Waals surface area contributed by atoms with Gasteiger partial charge in [0.25, 0.3) is 0 Å². The molecule has 12 heteroatoms. The molecule has 1 atom stereocenters. The number of sulfonamides is 1. The zero-order chi connectivity index (χ0) is 21.5. The maximum absolute atomic E-state index is 12.0. The molecule has 0 N–H and O–H groups in total. The molecule has 0 saturated carbocycles. The second-order valence-electron chi connectivity index (χ2n) is 7.03. The van der Waals surface area contributed by atoms with E-state index in [0.29, 0.717) is 41.1 Å². The van der Waals surface area contributed by atoms with E-state index >= 15 is 0 Å². The van der Waals surface area contributed by atoms with Gasteiger partial charge in [0.15, 0.2) is 17.3 Å². The van der Waals surface area contributed by atoms with Gasteiger partial charge in [-0.05, 0) is 25.0 Å². The Hall–Kier alpha value is -2.44. The van der Waals surface area contributed by atoms with Crippen molar-refractivity contribution in [2.45, 2.75) is 18.8 Å². The number of rotatable bonds is 6. The van der Waals surface area contributed by atoms with Crippen molar-refractivity contribution in [3.8, 4) is 27.8 Å². The molecule has 1 unspecified atom stereocenters. The molecular formula is C18H23N5O5S2. The van der Waals surface area contributed by atoms with Gasteiger partial charge in [-0.15, -0.1) is 10.2 Å². The Kier molecular flexibility index (Phi) is 5.55. The lowest BCUT2D eigenvalue weighted by Crippen LogP contribution is -2.38. The summed E-state index contributed by atoms with van der Waals surface area (Å²) >= 11 is 1.39. The van der Waals surface area contributed by atoms with Crippen LogP contribution in [0.3, 0.4) is 0 Å². The summed E-state index contributed by atoms with van der Waals surface area (Å²) in [5.74, 6) is 2.20. The zero-order valence-electron chi connectivity index (χ0n) is 17.2. The molecule has 0 spiro atoms. The fraction of sp³-hybridized carbons (Fsp3) is 0.500. The van der Waals surface area contributed by atoms with Crippen LogP contribution in [0.4, 0.5) is 0 Å². The van der Waals surface area contributed by atoms with Crippen molar-refractivity contribution in [1.29, 1.82) is 0 Å². The minimum Gasteiger partial charge on any atom is -0.493 e. The van der Waals surface area contributed by atoms with Gasteiger partial charge in [0.05, 0.1) is 27.6 Å². The Bertz CT molecular complexity index is 1150. The first kappa shape index (κ1) is 20.8. The molecule has 3 heterocycles. The molecule has 1 aromatic carbocycles. The largest absolute Gasteiger partial charge is 0.493 e. The van der Waals surface area contributed by atoms with Crippen LogP contribution in [0.1, 0.15) is 24.6 Å². The molecule has 3 aromatic rings. The van der Waals surface area contributed by atoms with E-state index in [-0.39, 0.29) is 5.92 Å². The molecule has 1 aliphatic heterocycles. The van der Waals surface area contributed by atoms with Crippen molar-refractivity contribution in [3.05, 3.63) is 18.0 Å². The van der Waals surface area contributed by atoms with E-state index in [4.69, 9.17) is 19.3 Å². The summed E-state index contributed by atoms with van der Waals surface area (Å²) in [6.45, 7) is 0.918. The molecule has 0 radical (unpaired) electrons. The van der Waals surface area contributed by atoms with Gasteiger partial charge in [0.1, 0.15) is 5.01 Å². The zero-order valence-corrected chi connectivity index (χ0v) is 18.8. The predicted molar refractivity (Wildman–Crippen MR) is 112 cm³/mol. The van der Waals surface area contributed by atoms with Gasteiger partial charge < -0.3 is 14.2 Å². The van der Waals surface area contributed by atoms with Crippen LogP contribution in [-0.2, 0) is 10.0 Å². The lowest BCUT2D eigenvalue weighted by Gasteiger charge is -2.29. The van der Waals surface area contributed by atoms with Crippen LogP contribution >= 0.6 is 11.3 Å². The first-order valence-electron chi connectivity index (χ1n) is 9.33. The highest BCUT2D eigenvalue weighted by Gasteiger charge is 2.30. The van der Waals surface area contributed by atoms with Gasteiger partial charge in [-0.3, -0.25) is 0 Å². The number of methoxy groups -OCH3 is 3. The molecule has 162 valence electrons. The number of hydrogen-bond donors (Lipinski definition) is 0. The van der Waals surface area contributed by atoms with Crippen molar-refractivity contribution in [2.75, 3.05) is 40.7 Å². The van der Waals surface area contributed by atoms with Crippen molar-refractivity contribution in [1.82, 2.24) is 24.1 Å². The van der Waals surface area contributed by atoms with Gasteiger partial charge in [-0.1, -0.05) is 11.3 Å². The minimum absolute atomic E-state index is 0.0571. The highest BCUT2D eigenvalue weighted by Crippen LogP contribution is 2.42. The standard InChI is InChI=1S/C18H23N5O5S2/c1-26-13-8-12(9-14(27-2)15(13)28-3)17-21-23-16(19-20-18(23)29-17)11-6-5-7-22(10-11)30(4,24)25/h8-9,11H,5-7,10H2,1-4H3. The first-order chi connectivity index (χ1) is 14.4. The van der Waals surface area contributed by atoms with Crippen molar-refractivity contribution in [3.63, 3.8) is 0 Å². The maximum Gasteiger partial charge on any atom is 0.234 e. The monoisotopic (exact) mass is 453 g/mol. The van der Waals surface area contributed by atoms with Crippen LogP contribution in [0.15, 0.2) is 12.1 Å². The van der Waals surface area contributed by atoms with Crippen LogP contribution in [0.25, 0.3) is 15.5 Å². The summed E-state index contributed by atoms with van der Waals surface area (Å²) in [7, 11) is 1.44. The summed E-state index contributed by atoms with van der Waals surface area (Å²) in [6, 6.07) is 3.66. The Morgan fingerprint density at radius 3 is 2.40 bits per heavy atom.